The van der Waals surface area contributed by atoms with Crippen molar-refractivity contribution in [3.63, 3.8) is 0 Å². The molecule has 0 aliphatic rings. The van der Waals surface area contributed by atoms with E-state index in [1.165, 1.54) is 6.07 Å². The van der Waals surface area contributed by atoms with Crippen LogP contribution in [0.3, 0.4) is 0 Å². The summed E-state index contributed by atoms with van der Waals surface area (Å²) < 4.78 is 15.0. The quantitative estimate of drug-likeness (QED) is 0.780. The molecular weight excluding hydrogens is 317 g/mol. The molecule has 0 aromatic heterocycles. The van der Waals surface area contributed by atoms with Crippen molar-refractivity contribution in [2.45, 2.75) is 26.3 Å². The minimum Gasteiger partial charge on any atom is -0.310 e. The average molecular weight is 336 g/mol. The molecule has 20 heavy (non-hydrogen) atoms. The predicted molar refractivity (Wildman–Crippen MR) is 86.2 cm³/mol. The summed E-state index contributed by atoms with van der Waals surface area (Å²) in [6, 6.07) is 13.2. The first-order valence-electron chi connectivity index (χ1n) is 6.91. The first-order valence-corrected chi connectivity index (χ1v) is 7.70. The van der Waals surface area contributed by atoms with Gasteiger partial charge in [0.2, 0.25) is 0 Å². The van der Waals surface area contributed by atoms with Crippen LogP contribution in [0, 0.1) is 5.82 Å². The van der Waals surface area contributed by atoms with Gasteiger partial charge in [-0.05, 0) is 49.2 Å². The molecule has 106 valence electrons. The van der Waals surface area contributed by atoms with Crippen LogP contribution in [0.2, 0.25) is 0 Å². The molecule has 0 saturated carbocycles. The normalized spacial score (nSPS) is 12.4. The van der Waals surface area contributed by atoms with E-state index in [0.29, 0.717) is 5.56 Å². The molecule has 1 nitrogen and oxygen atoms in total. The Kier molecular flexibility index (Phi) is 5.32. The number of hydrogen-bond acceptors (Lipinski definition) is 1. The molecular formula is C17H19BrFN. The van der Waals surface area contributed by atoms with E-state index < -0.39 is 0 Å². The molecule has 1 N–H and O–H groups in total. The molecule has 0 aliphatic heterocycles. The molecule has 2 aromatic rings. The average Bonchev–Trinajstić information content (AvgIpc) is 2.47. The zero-order valence-corrected chi connectivity index (χ0v) is 13.4. The van der Waals surface area contributed by atoms with E-state index in [-0.39, 0.29) is 11.9 Å². The molecule has 0 spiro atoms. The van der Waals surface area contributed by atoms with E-state index in [1.54, 1.807) is 6.07 Å². The first-order chi connectivity index (χ1) is 9.63. The van der Waals surface area contributed by atoms with Gasteiger partial charge in [-0.3, -0.25) is 0 Å². The maximum Gasteiger partial charge on any atom is 0.131 e. The molecule has 0 aliphatic carbocycles. The second-order valence-corrected chi connectivity index (χ2v) is 5.80. The van der Waals surface area contributed by atoms with Crippen LogP contribution < -0.4 is 5.32 Å². The molecule has 0 saturated heterocycles. The number of hydrogen-bond donors (Lipinski definition) is 1. The van der Waals surface area contributed by atoms with Gasteiger partial charge < -0.3 is 5.32 Å². The lowest BCUT2D eigenvalue weighted by Crippen LogP contribution is -2.19. The van der Waals surface area contributed by atoms with Crippen molar-refractivity contribution in [1.82, 2.24) is 5.32 Å². The lowest BCUT2D eigenvalue weighted by Gasteiger charge is -2.18. The van der Waals surface area contributed by atoms with Crippen molar-refractivity contribution in [3.8, 4) is 11.1 Å². The van der Waals surface area contributed by atoms with Gasteiger partial charge in [0.1, 0.15) is 5.82 Å². The standard InChI is InChI=1S/C17H19BrFN/c1-3-10-20-12(2)14-6-4-5-7-15(14)16-11-13(18)8-9-17(16)19/h4-9,11-12,20H,3,10H2,1-2H3. The molecule has 3 heteroatoms. The minimum atomic E-state index is -0.191. The van der Waals surface area contributed by atoms with E-state index in [0.717, 1.165) is 28.6 Å². The number of benzene rings is 2. The van der Waals surface area contributed by atoms with Gasteiger partial charge in [0.15, 0.2) is 0 Å². The zero-order valence-electron chi connectivity index (χ0n) is 11.8. The van der Waals surface area contributed by atoms with Crippen LogP contribution in [0.25, 0.3) is 11.1 Å². The van der Waals surface area contributed by atoms with Gasteiger partial charge in [-0.15, -0.1) is 0 Å². The van der Waals surface area contributed by atoms with Crippen molar-refractivity contribution in [2.24, 2.45) is 0 Å². The van der Waals surface area contributed by atoms with Crippen molar-refractivity contribution < 1.29 is 4.39 Å². The first kappa shape index (κ1) is 15.2. The Bertz CT molecular complexity index is 583. The van der Waals surface area contributed by atoms with Crippen LogP contribution in [-0.2, 0) is 0 Å². The van der Waals surface area contributed by atoms with Crippen LogP contribution in [0.1, 0.15) is 31.9 Å². The molecule has 0 amide bonds. The molecule has 0 heterocycles. The number of nitrogens with one attached hydrogen (secondary N) is 1. The summed E-state index contributed by atoms with van der Waals surface area (Å²) >= 11 is 3.41. The van der Waals surface area contributed by atoms with Crippen molar-refractivity contribution in [2.75, 3.05) is 6.54 Å². The molecule has 2 rings (SSSR count). The van der Waals surface area contributed by atoms with Gasteiger partial charge in [0.25, 0.3) is 0 Å². The van der Waals surface area contributed by atoms with E-state index >= 15 is 0 Å². The second kappa shape index (κ2) is 7.00. The van der Waals surface area contributed by atoms with E-state index in [2.05, 4.69) is 41.2 Å². The van der Waals surface area contributed by atoms with Crippen LogP contribution in [0.15, 0.2) is 46.9 Å². The van der Waals surface area contributed by atoms with Gasteiger partial charge in [-0.1, -0.05) is 47.1 Å². The highest BCUT2D eigenvalue weighted by Crippen LogP contribution is 2.31. The van der Waals surface area contributed by atoms with E-state index in [9.17, 15) is 4.39 Å². The Morgan fingerprint density at radius 1 is 1.15 bits per heavy atom. The van der Waals surface area contributed by atoms with Crippen molar-refractivity contribution >= 4 is 15.9 Å². The summed E-state index contributed by atoms with van der Waals surface area (Å²) in [6.45, 7) is 5.21. The highest BCUT2D eigenvalue weighted by molar-refractivity contribution is 9.10. The Labute approximate surface area is 128 Å². The molecule has 0 radical (unpaired) electrons. The summed E-state index contributed by atoms with van der Waals surface area (Å²) in [5.74, 6) is -0.191. The molecule has 1 atom stereocenters. The Hall–Kier alpha value is -1.19. The highest BCUT2D eigenvalue weighted by Gasteiger charge is 2.14. The summed E-state index contributed by atoms with van der Waals surface area (Å²) in [4.78, 5) is 0. The van der Waals surface area contributed by atoms with Gasteiger partial charge in [-0.2, -0.15) is 0 Å². The van der Waals surface area contributed by atoms with Gasteiger partial charge in [-0.25, -0.2) is 4.39 Å². The van der Waals surface area contributed by atoms with Crippen LogP contribution in [0.4, 0.5) is 4.39 Å². The summed E-state index contributed by atoms with van der Waals surface area (Å²) in [7, 11) is 0. The van der Waals surface area contributed by atoms with Gasteiger partial charge in [0, 0.05) is 16.1 Å². The maximum atomic E-state index is 14.1. The summed E-state index contributed by atoms with van der Waals surface area (Å²) in [5, 5.41) is 3.46. The van der Waals surface area contributed by atoms with E-state index in [1.807, 2.05) is 24.3 Å². The SMILES string of the molecule is CCCNC(C)c1ccccc1-c1cc(Br)ccc1F. The highest BCUT2D eigenvalue weighted by atomic mass is 79.9. The van der Waals surface area contributed by atoms with Gasteiger partial charge >= 0.3 is 0 Å². The van der Waals surface area contributed by atoms with Gasteiger partial charge in [0.05, 0.1) is 0 Å². The summed E-state index contributed by atoms with van der Waals surface area (Å²) in [6.07, 6.45) is 1.08. The third-order valence-corrected chi connectivity index (χ3v) is 3.84. The number of halogens is 2. The summed E-state index contributed by atoms with van der Waals surface area (Å²) in [5.41, 5.74) is 2.71. The molecule has 0 fully saturated rings. The molecule has 2 aromatic carbocycles. The lowest BCUT2D eigenvalue weighted by molar-refractivity contribution is 0.571. The largest absolute Gasteiger partial charge is 0.310 e. The minimum absolute atomic E-state index is 0.191. The fraction of sp³-hybridized carbons (Fsp3) is 0.294. The smallest absolute Gasteiger partial charge is 0.131 e. The maximum absolute atomic E-state index is 14.1. The Balaban J connectivity index is 2.44. The third kappa shape index (κ3) is 3.47. The van der Waals surface area contributed by atoms with Crippen molar-refractivity contribution in [3.05, 3.63) is 58.3 Å². The molecule has 1 unspecified atom stereocenters. The Morgan fingerprint density at radius 2 is 1.90 bits per heavy atom. The van der Waals surface area contributed by atoms with Crippen LogP contribution in [0.5, 0.6) is 0 Å². The fourth-order valence-electron chi connectivity index (χ4n) is 2.29. The number of rotatable bonds is 5. The fourth-order valence-corrected chi connectivity index (χ4v) is 2.66. The topological polar surface area (TPSA) is 12.0 Å². The molecule has 0 bridgehead atoms. The van der Waals surface area contributed by atoms with Crippen molar-refractivity contribution in [1.29, 1.82) is 0 Å². The Morgan fingerprint density at radius 3 is 2.65 bits per heavy atom. The lowest BCUT2D eigenvalue weighted by atomic mass is 9.95. The van der Waals surface area contributed by atoms with E-state index in [4.69, 9.17) is 0 Å². The van der Waals surface area contributed by atoms with Crippen LogP contribution in [-0.4, -0.2) is 6.54 Å². The second-order valence-electron chi connectivity index (χ2n) is 4.89. The monoisotopic (exact) mass is 335 g/mol. The predicted octanol–water partition coefficient (Wildman–Crippen LogP) is 5.32. The third-order valence-electron chi connectivity index (χ3n) is 3.35. The zero-order chi connectivity index (χ0) is 14.5. The van der Waals surface area contributed by atoms with Crippen LogP contribution >= 0.6 is 15.9 Å².